The Morgan fingerprint density at radius 2 is 1.73 bits per heavy atom. The highest BCUT2D eigenvalue weighted by atomic mass is 35.5. The molecule has 0 bridgehead atoms. The third kappa shape index (κ3) is 5.95. The summed E-state index contributed by atoms with van der Waals surface area (Å²) in [6.07, 6.45) is 4.15. The minimum absolute atomic E-state index is 0.169. The number of hydrogen-bond donors (Lipinski definition) is 1. The van der Waals surface area contributed by atoms with E-state index in [1.54, 1.807) is 42.6 Å². The van der Waals surface area contributed by atoms with E-state index in [0.29, 0.717) is 28.0 Å². The first-order chi connectivity index (χ1) is 17.9. The Bertz CT molecular complexity index is 1440. The molecule has 1 aliphatic heterocycles. The number of likely N-dealkylation sites (tertiary alicyclic amines) is 1. The maximum atomic E-state index is 14.0. The van der Waals surface area contributed by atoms with Gasteiger partial charge < -0.3 is 19.9 Å². The zero-order chi connectivity index (χ0) is 26.5. The van der Waals surface area contributed by atoms with Gasteiger partial charge >= 0.3 is 0 Å². The molecule has 0 aliphatic carbocycles. The zero-order valence-electron chi connectivity index (χ0n) is 21.1. The predicted molar refractivity (Wildman–Crippen MR) is 146 cm³/mol. The molecule has 194 valence electrons. The Hall–Kier alpha value is -3.42. The van der Waals surface area contributed by atoms with Crippen molar-refractivity contribution in [2.75, 3.05) is 26.2 Å². The van der Waals surface area contributed by atoms with Crippen LogP contribution in [0.3, 0.4) is 0 Å². The molecule has 6 nitrogen and oxygen atoms in total. The molecule has 1 amide bonds. The van der Waals surface area contributed by atoms with Crippen LogP contribution in [0.25, 0.3) is 21.7 Å². The van der Waals surface area contributed by atoms with Gasteiger partial charge in [-0.05, 0) is 79.2 Å². The van der Waals surface area contributed by atoms with Crippen LogP contribution in [0.5, 0.6) is 5.75 Å². The minimum Gasteiger partial charge on any atom is -0.485 e. The number of fused-ring (bicyclic) bond motifs is 2. The lowest BCUT2D eigenvalue weighted by molar-refractivity contribution is 0.0913. The molecule has 0 radical (unpaired) electrons. The zero-order valence-corrected chi connectivity index (χ0v) is 21.9. The number of ether oxygens (including phenoxy) is 1. The maximum absolute atomic E-state index is 14.0. The van der Waals surface area contributed by atoms with E-state index in [1.165, 1.54) is 25.0 Å². The van der Waals surface area contributed by atoms with Crippen molar-refractivity contribution in [3.05, 3.63) is 76.7 Å². The summed E-state index contributed by atoms with van der Waals surface area (Å²) in [5.41, 5.74) is 6.85. The van der Waals surface area contributed by atoms with Crippen LogP contribution >= 0.6 is 11.6 Å². The fraction of sp³-hybridized carbons (Fsp3) is 0.310. The number of Topliss-reactive ketones (excluding diaryl/α,β-unsaturated/α-hetero) is 1. The number of rotatable bonds is 8. The van der Waals surface area contributed by atoms with Crippen molar-refractivity contribution < 1.29 is 18.7 Å². The molecule has 1 aromatic heterocycles. The maximum Gasteiger partial charge on any atom is 0.252 e. The van der Waals surface area contributed by atoms with Crippen molar-refractivity contribution in [2.24, 2.45) is 5.73 Å². The summed E-state index contributed by atoms with van der Waals surface area (Å²) in [7, 11) is 0. The van der Waals surface area contributed by atoms with E-state index in [-0.39, 0.29) is 29.5 Å². The summed E-state index contributed by atoms with van der Waals surface area (Å²) in [5.74, 6) is -1.06. The van der Waals surface area contributed by atoms with Crippen molar-refractivity contribution in [1.29, 1.82) is 0 Å². The molecule has 8 heteroatoms. The quantitative estimate of drug-likeness (QED) is 0.284. The van der Waals surface area contributed by atoms with Crippen molar-refractivity contribution in [3.8, 4) is 5.75 Å². The number of nitrogens with zero attached hydrogens (tertiary/aromatic N) is 2. The van der Waals surface area contributed by atoms with Gasteiger partial charge in [0, 0.05) is 35.3 Å². The molecule has 5 rings (SSSR count). The monoisotopic (exact) mass is 523 g/mol. The van der Waals surface area contributed by atoms with Gasteiger partial charge in [-0.25, -0.2) is 4.39 Å². The Kier molecular flexibility index (Phi) is 8.46. The second-order valence-electron chi connectivity index (χ2n) is 8.86. The summed E-state index contributed by atoms with van der Waals surface area (Å²) < 4.78 is 21.8. The Labute approximate surface area is 220 Å². The molecule has 2 N–H and O–H groups in total. The molecule has 4 aromatic rings. The first-order valence-corrected chi connectivity index (χ1v) is 13.0. The highest BCUT2D eigenvalue weighted by molar-refractivity contribution is 6.31. The summed E-state index contributed by atoms with van der Waals surface area (Å²) in [6.45, 7) is 7.34. The number of amides is 1. The van der Waals surface area contributed by atoms with Gasteiger partial charge in [0.05, 0.1) is 11.1 Å². The fourth-order valence-electron chi connectivity index (χ4n) is 4.71. The first-order valence-electron chi connectivity index (χ1n) is 12.6. The normalized spacial score (nSPS) is 13.5. The number of hydrogen-bond acceptors (Lipinski definition) is 4. The topological polar surface area (TPSA) is 77.6 Å². The van der Waals surface area contributed by atoms with Crippen LogP contribution in [-0.4, -0.2) is 47.4 Å². The first kappa shape index (κ1) is 26.6. The van der Waals surface area contributed by atoms with Gasteiger partial charge in [-0.2, -0.15) is 0 Å². The van der Waals surface area contributed by atoms with E-state index in [9.17, 15) is 14.0 Å². The van der Waals surface area contributed by atoms with Crippen LogP contribution in [0, 0.1) is 5.82 Å². The molecule has 1 saturated heterocycles. The lowest BCUT2D eigenvalue weighted by Crippen LogP contribution is -2.23. The van der Waals surface area contributed by atoms with Gasteiger partial charge in [0.1, 0.15) is 11.6 Å². The molecule has 1 aliphatic rings. The Morgan fingerprint density at radius 3 is 2.46 bits per heavy atom. The number of aromatic nitrogens is 1. The smallest absolute Gasteiger partial charge is 0.252 e. The summed E-state index contributed by atoms with van der Waals surface area (Å²) >= 11 is 6.06. The van der Waals surface area contributed by atoms with Crippen molar-refractivity contribution >= 4 is 45.0 Å². The van der Waals surface area contributed by atoms with E-state index in [0.717, 1.165) is 30.4 Å². The van der Waals surface area contributed by atoms with Crippen LogP contribution in [0.15, 0.2) is 54.7 Å². The van der Waals surface area contributed by atoms with E-state index < -0.39 is 5.91 Å². The fourth-order valence-corrected chi connectivity index (χ4v) is 4.89. The predicted octanol–water partition coefficient (Wildman–Crippen LogP) is 6.07. The third-order valence-corrected chi connectivity index (χ3v) is 6.76. The largest absolute Gasteiger partial charge is 0.485 e. The van der Waals surface area contributed by atoms with Gasteiger partial charge in [-0.1, -0.05) is 31.5 Å². The second-order valence-corrected chi connectivity index (χ2v) is 9.30. The van der Waals surface area contributed by atoms with Crippen LogP contribution in [-0.2, 0) is 6.54 Å². The summed E-state index contributed by atoms with van der Waals surface area (Å²) in [6, 6.07) is 13.0. The van der Waals surface area contributed by atoms with E-state index in [1.807, 2.05) is 18.4 Å². The van der Waals surface area contributed by atoms with Gasteiger partial charge in [-0.3, -0.25) is 9.59 Å². The molecule has 3 aromatic carbocycles. The lowest BCUT2D eigenvalue weighted by atomic mass is 10.1. The van der Waals surface area contributed by atoms with Gasteiger partial charge in [0.2, 0.25) is 5.78 Å². The molecule has 0 saturated carbocycles. The SMILES string of the molecule is CC.NC(=O)c1cc2cc(Cl)ccc2cc1OCC(=O)c1cn(CCN2CCCC2)c2cc(F)ccc12. The number of halogens is 2. The van der Waals surface area contributed by atoms with Crippen LogP contribution in [0.2, 0.25) is 5.02 Å². The van der Waals surface area contributed by atoms with Crippen LogP contribution in [0.4, 0.5) is 4.39 Å². The number of carbonyl (C=O) groups is 2. The molecule has 0 spiro atoms. The van der Waals surface area contributed by atoms with Crippen LogP contribution in [0.1, 0.15) is 47.4 Å². The molecular formula is C29H31ClFN3O3. The van der Waals surface area contributed by atoms with Gasteiger partial charge in [0.15, 0.2) is 6.61 Å². The minimum atomic E-state index is -0.664. The van der Waals surface area contributed by atoms with Gasteiger partial charge in [-0.15, -0.1) is 0 Å². The molecule has 2 heterocycles. The average Bonchev–Trinajstić information content (AvgIpc) is 3.54. The molecular weight excluding hydrogens is 493 g/mol. The summed E-state index contributed by atoms with van der Waals surface area (Å²) in [4.78, 5) is 27.6. The van der Waals surface area contributed by atoms with Crippen molar-refractivity contribution in [2.45, 2.75) is 33.2 Å². The number of primary amides is 1. The van der Waals surface area contributed by atoms with Crippen molar-refractivity contribution in [3.63, 3.8) is 0 Å². The highest BCUT2D eigenvalue weighted by Gasteiger charge is 2.19. The Balaban J connectivity index is 0.00000156. The van der Waals surface area contributed by atoms with Crippen LogP contribution < -0.4 is 10.5 Å². The molecule has 1 fully saturated rings. The summed E-state index contributed by atoms with van der Waals surface area (Å²) in [5, 5.41) is 2.75. The van der Waals surface area contributed by atoms with E-state index in [4.69, 9.17) is 22.1 Å². The van der Waals surface area contributed by atoms with E-state index in [2.05, 4.69) is 4.90 Å². The number of nitrogens with two attached hydrogens (primary N) is 1. The second kappa shape index (κ2) is 11.8. The van der Waals surface area contributed by atoms with Gasteiger partial charge in [0.25, 0.3) is 5.91 Å². The number of carbonyl (C=O) groups excluding carboxylic acids is 2. The lowest BCUT2D eigenvalue weighted by Gasteiger charge is -2.15. The molecule has 37 heavy (non-hydrogen) atoms. The Morgan fingerprint density at radius 1 is 0.973 bits per heavy atom. The highest BCUT2D eigenvalue weighted by Crippen LogP contribution is 2.29. The average molecular weight is 524 g/mol. The van der Waals surface area contributed by atoms with E-state index >= 15 is 0 Å². The third-order valence-electron chi connectivity index (χ3n) is 6.53. The standard InChI is InChI=1S/C27H25ClFN3O3.C2H6/c28-19-4-3-17-13-26(22(27(30)34)12-18(17)11-19)35-16-25(33)23-15-32(10-9-31-7-1-2-8-31)24-14-20(29)5-6-21(23)24;1-2/h3-6,11-15H,1-2,7-10,16H2,(H2,30,34);1-2H3. The number of benzene rings is 3. The molecule has 0 unspecified atom stereocenters. The molecule has 0 atom stereocenters. The van der Waals surface area contributed by atoms with Crippen molar-refractivity contribution in [1.82, 2.24) is 9.47 Å². The number of ketones is 1.